The monoisotopic (exact) mass is 579 g/mol. The number of non-ortho nitro benzene ring substituents is 1. The van der Waals surface area contributed by atoms with Gasteiger partial charge in [0, 0.05) is 23.4 Å². The summed E-state index contributed by atoms with van der Waals surface area (Å²) < 4.78 is 16.5. The van der Waals surface area contributed by atoms with E-state index in [0.29, 0.717) is 27.7 Å². The highest BCUT2D eigenvalue weighted by molar-refractivity contribution is 7.80. The highest BCUT2D eigenvalue weighted by Crippen LogP contribution is 2.34. The maximum absolute atomic E-state index is 12.7. The van der Waals surface area contributed by atoms with Crippen LogP contribution >= 0.6 is 12.2 Å². The number of hydrogen-bond donors (Lipinski definition) is 4. The lowest BCUT2D eigenvalue weighted by molar-refractivity contribution is -0.384. The number of thiocarbonyl (C=S) groups is 1. The van der Waals surface area contributed by atoms with Gasteiger partial charge in [-0.25, -0.2) is 10.2 Å². The molecule has 4 N–H and O–H groups in total. The van der Waals surface area contributed by atoms with E-state index >= 15 is 0 Å². The predicted octanol–water partition coefficient (Wildman–Crippen LogP) is 3.45. The van der Waals surface area contributed by atoms with Crippen molar-refractivity contribution in [3.8, 4) is 22.8 Å². The van der Waals surface area contributed by atoms with Gasteiger partial charge in [-0.1, -0.05) is 18.2 Å². The Bertz CT molecular complexity index is 1560. The quantitative estimate of drug-likeness (QED) is 0.0909. The van der Waals surface area contributed by atoms with Gasteiger partial charge in [-0.3, -0.25) is 14.9 Å². The van der Waals surface area contributed by atoms with Crippen molar-refractivity contribution in [3.63, 3.8) is 0 Å². The Morgan fingerprint density at radius 2 is 2.02 bits per heavy atom. The first-order valence-corrected chi connectivity index (χ1v) is 12.7. The third-order valence-electron chi connectivity index (χ3n) is 5.82. The summed E-state index contributed by atoms with van der Waals surface area (Å²) in [7, 11) is 0. The number of hydrazone groups is 1. The number of nitro groups is 1. The topological polar surface area (TPSA) is 178 Å². The van der Waals surface area contributed by atoms with E-state index in [4.69, 9.17) is 26.1 Å². The fraction of sp³-hybridized carbons (Fsp3) is 0.185. The smallest absolute Gasteiger partial charge is 0.338 e. The van der Waals surface area contributed by atoms with Crippen LogP contribution in [-0.4, -0.2) is 46.4 Å². The summed E-state index contributed by atoms with van der Waals surface area (Å²) in [6.07, 6.45) is 1.23. The average Bonchev–Trinajstić information content (AvgIpc) is 3.40. The van der Waals surface area contributed by atoms with E-state index in [2.05, 4.69) is 21.2 Å². The molecule has 1 aliphatic heterocycles. The van der Waals surface area contributed by atoms with Crippen molar-refractivity contribution in [3.05, 3.63) is 87.3 Å². The summed E-state index contributed by atoms with van der Waals surface area (Å²) in [5, 5.41) is 31.2. The molecule has 4 rings (SSSR count). The zero-order valence-corrected chi connectivity index (χ0v) is 22.7. The largest absolute Gasteiger partial charge is 0.507 e. The number of hydrogen-bond acceptors (Lipinski definition) is 10. The molecule has 13 nitrogen and oxygen atoms in total. The minimum Gasteiger partial charge on any atom is -0.507 e. The number of furan rings is 1. The van der Waals surface area contributed by atoms with Crippen molar-refractivity contribution in [2.45, 2.75) is 19.9 Å². The van der Waals surface area contributed by atoms with E-state index in [9.17, 15) is 24.8 Å². The number of carbonyl (C=O) groups excluding carboxylic acids is 2. The molecule has 1 aliphatic rings. The van der Waals surface area contributed by atoms with Crippen molar-refractivity contribution in [1.82, 2.24) is 16.1 Å². The summed E-state index contributed by atoms with van der Waals surface area (Å²) in [6, 6.07) is 12.8. The minimum absolute atomic E-state index is 0.134. The number of amides is 1. The van der Waals surface area contributed by atoms with Crippen LogP contribution in [0.25, 0.3) is 11.3 Å². The minimum atomic E-state index is -0.668. The van der Waals surface area contributed by atoms with Crippen LogP contribution in [0.5, 0.6) is 11.5 Å². The molecule has 41 heavy (non-hydrogen) atoms. The Hall–Kier alpha value is -5.24. The van der Waals surface area contributed by atoms with Crippen molar-refractivity contribution in [1.29, 1.82) is 0 Å². The highest BCUT2D eigenvalue weighted by Gasteiger charge is 2.32. The number of benzene rings is 2. The lowest BCUT2D eigenvalue weighted by atomic mass is 9.95. The van der Waals surface area contributed by atoms with Crippen LogP contribution in [0.1, 0.15) is 31.2 Å². The molecule has 2 heterocycles. The van der Waals surface area contributed by atoms with Crippen molar-refractivity contribution in [2.24, 2.45) is 5.10 Å². The van der Waals surface area contributed by atoms with Gasteiger partial charge in [0.1, 0.15) is 23.0 Å². The molecule has 14 heteroatoms. The molecule has 3 aromatic rings. The SMILES string of the molecule is CCOC(=O)C1=C(C)NC(=S)N[C@H]1c1ccccc1OCC(=O)NN=Cc1ccc(-c2cc([N+](=O)[O-])ccc2O)o1. The molecular formula is C27H25N5O8S. The lowest BCUT2D eigenvalue weighted by Crippen LogP contribution is -2.45. The molecule has 0 saturated heterocycles. The van der Waals surface area contributed by atoms with Crippen LogP contribution < -0.4 is 20.8 Å². The number of para-hydroxylation sites is 1. The number of esters is 1. The zero-order valence-electron chi connectivity index (χ0n) is 21.9. The van der Waals surface area contributed by atoms with E-state index in [-0.39, 0.29) is 35.1 Å². The molecule has 0 aliphatic carbocycles. The number of phenols is 1. The molecule has 212 valence electrons. The summed E-state index contributed by atoms with van der Waals surface area (Å²) >= 11 is 5.28. The molecule has 0 unspecified atom stereocenters. The van der Waals surface area contributed by atoms with Crippen LogP contribution in [0.3, 0.4) is 0 Å². The normalized spacial score (nSPS) is 14.8. The van der Waals surface area contributed by atoms with Crippen LogP contribution in [0.4, 0.5) is 5.69 Å². The number of allylic oxidation sites excluding steroid dienone is 1. The number of phenolic OH excluding ortho intramolecular Hbond substituents is 1. The molecule has 0 spiro atoms. The van der Waals surface area contributed by atoms with E-state index in [1.807, 2.05) is 0 Å². The first kappa shape index (κ1) is 28.8. The summed E-state index contributed by atoms with van der Waals surface area (Å²) in [5.41, 5.74) is 3.70. The van der Waals surface area contributed by atoms with Gasteiger partial charge in [0.25, 0.3) is 11.6 Å². The Kier molecular flexibility index (Phi) is 8.94. The molecular weight excluding hydrogens is 554 g/mol. The lowest BCUT2D eigenvalue weighted by Gasteiger charge is -2.30. The third-order valence-corrected chi connectivity index (χ3v) is 6.04. The fourth-order valence-electron chi connectivity index (χ4n) is 4.00. The van der Waals surface area contributed by atoms with E-state index in [1.165, 1.54) is 36.5 Å². The van der Waals surface area contributed by atoms with Crippen molar-refractivity contribution < 1.29 is 33.5 Å². The summed E-state index contributed by atoms with van der Waals surface area (Å²) in [5.74, 6) is -0.543. The summed E-state index contributed by atoms with van der Waals surface area (Å²) in [6.45, 7) is 3.23. The molecule has 1 aromatic heterocycles. The second-order valence-corrected chi connectivity index (χ2v) is 8.98. The van der Waals surface area contributed by atoms with Gasteiger partial charge >= 0.3 is 5.97 Å². The number of nitro benzene ring substituents is 1. The number of aromatic hydroxyl groups is 1. The molecule has 2 aromatic carbocycles. The van der Waals surface area contributed by atoms with Gasteiger partial charge in [-0.05, 0) is 50.3 Å². The van der Waals surface area contributed by atoms with Crippen LogP contribution in [-0.2, 0) is 14.3 Å². The maximum atomic E-state index is 12.7. The first-order chi connectivity index (χ1) is 19.7. The van der Waals surface area contributed by atoms with Gasteiger partial charge in [0.15, 0.2) is 11.7 Å². The van der Waals surface area contributed by atoms with Crippen LogP contribution in [0, 0.1) is 10.1 Å². The number of nitrogens with one attached hydrogen (secondary N) is 3. The highest BCUT2D eigenvalue weighted by atomic mass is 32.1. The van der Waals surface area contributed by atoms with E-state index in [1.54, 1.807) is 38.1 Å². The van der Waals surface area contributed by atoms with E-state index in [0.717, 1.165) is 0 Å². The zero-order chi connectivity index (χ0) is 29.5. The second kappa shape index (κ2) is 12.7. The molecule has 0 saturated carbocycles. The average molecular weight is 580 g/mol. The van der Waals surface area contributed by atoms with Gasteiger partial charge in [0.05, 0.1) is 34.9 Å². The number of nitrogens with zero attached hydrogens (tertiary/aromatic N) is 2. The molecule has 0 bridgehead atoms. The Morgan fingerprint density at radius 1 is 1.24 bits per heavy atom. The van der Waals surface area contributed by atoms with Gasteiger partial charge in [-0.2, -0.15) is 5.10 Å². The number of ether oxygens (including phenoxy) is 2. The summed E-state index contributed by atoms with van der Waals surface area (Å²) in [4.78, 5) is 35.5. The third kappa shape index (κ3) is 6.86. The molecule has 0 fully saturated rings. The molecule has 0 radical (unpaired) electrons. The Morgan fingerprint density at radius 3 is 2.78 bits per heavy atom. The maximum Gasteiger partial charge on any atom is 0.338 e. The first-order valence-electron chi connectivity index (χ1n) is 12.2. The Labute approximate surface area is 239 Å². The van der Waals surface area contributed by atoms with E-state index < -0.39 is 29.4 Å². The Balaban J connectivity index is 1.41. The van der Waals surface area contributed by atoms with Crippen molar-refractivity contribution in [2.75, 3.05) is 13.2 Å². The van der Waals surface area contributed by atoms with Crippen LogP contribution in [0.2, 0.25) is 0 Å². The predicted molar refractivity (Wildman–Crippen MR) is 151 cm³/mol. The van der Waals surface area contributed by atoms with Crippen molar-refractivity contribution >= 4 is 41.1 Å². The number of rotatable bonds is 10. The second-order valence-electron chi connectivity index (χ2n) is 8.57. The standard InChI is InChI=1S/C27H25N5O8S/c1-3-38-26(35)24-15(2)29-27(41)30-25(24)18-6-4-5-7-21(18)39-14-23(34)31-28-13-17-9-11-22(40-17)19-12-16(32(36)37)8-10-20(19)33/h4-13,25,33H,3,14H2,1-2H3,(H,31,34)(H2,29,30,41)/t25-/m0/s1. The molecule has 1 atom stereocenters. The van der Waals surface area contributed by atoms with Gasteiger partial charge < -0.3 is 29.6 Å². The van der Waals surface area contributed by atoms with Gasteiger partial charge in [0.2, 0.25) is 0 Å². The van der Waals surface area contributed by atoms with Crippen LogP contribution in [0.15, 0.2) is 75.4 Å². The van der Waals surface area contributed by atoms with Gasteiger partial charge in [-0.15, -0.1) is 0 Å². The fourth-order valence-corrected chi connectivity index (χ4v) is 4.27. The molecule has 1 amide bonds. The number of carbonyl (C=O) groups is 2.